The second-order valence-electron chi connectivity index (χ2n) is 2.91. The van der Waals surface area contributed by atoms with Gasteiger partial charge in [0.1, 0.15) is 16.3 Å². The summed E-state index contributed by atoms with van der Waals surface area (Å²) >= 11 is 2.72. The highest BCUT2D eigenvalue weighted by atomic mass is 79.9. The van der Waals surface area contributed by atoms with Crippen LogP contribution in [0, 0.1) is 18.6 Å². The Balaban J connectivity index is 3.12. The van der Waals surface area contributed by atoms with Crippen LogP contribution in [-0.2, 0) is 10.0 Å². The third-order valence-electron chi connectivity index (χ3n) is 1.66. The summed E-state index contributed by atoms with van der Waals surface area (Å²) in [6.45, 7) is 1.39. The standard InChI is InChI=1S/C8H8BrF2NO2S/c1-5-2-7(11)8(3-6(5)10)12-15(13,14)4-9/h2-3,12H,4H2,1H3. The summed E-state index contributed by atoms with van der Waals surface area (Å²) in [5, 5.41) is 0. The van der Waals surface area contributed by atoms with Gasteiger partial charge in [0.05, 0.1) is 5.69 Å². The molecule has 0 aliphatic heterocycles. The van der Waals surface area contributed by atoms with Gasteiger partial charge in [0.25, 0.3) is 0 Å². The van der Waals surface area contributed by atoms with Gasteiger partial charge in [0, 0.05) is 6.07 Å². The molecule has 0 bridgehead atoms. The van der Waals surface area contributed by atoms with E-state index >= 15 is 0 Å². The van der Waals surface area contributed by atoms with Crippen LogP contribution in [-0.4, -0.2) is 13.1 Å². The van der Waals surface area contributed by atoms with Crippen molar-refractivity contribution >= 4 is 31.6 Å². The largest absolute Gasteiger partial charge is 0.280 e. The molecular weight excluding hydrogens is 292 g/mol. The summed E-state index contributed by atoms with van der Waals surface area (Å²) in [6.07, 6.45) is 0. The van der Waals surface area contributed by atoms with Crippen molar-refractivity contribution in [2.75, 3.05) is 9.38 Å². The molecule has 1 N–H and O–H groups in total. The molecule has 0 radical (unpaired) electrons. The van der Waals surface area contributed by atoms with E-state index in [0.717, 1.165) is 12.1 Å². The fourth-order valence-corrected chi connectivity index (χ4v) is 1.81. The van der Waals surface area contributed by atoms with Crippen molar-refractivity contribution in [1.82, 2.24) is 0 Å². The molecule has 0 amide bonds. The number of nitrogens with one attached hydrogen (secondary N) is 1. The van der Waals surface area contributed by atoms with E-state index in [0.29, 0.717) is 0 Å². The average Bonchev–Trinajstić information content (AvgIpc) is 2.14. The third kappa shape index (κ3) is 3.13. The van der Waals surface area contributed by atoms with Crippen molar-refractivity contribution in [3.63, 3.8) is 0 Å². The molecule has 0 fully saturated rings. The maximum atomic E-state index is 13.2. The molecule has 84 valence electrons. The molecule has 0 heterocycles. The highest BCUT2D eigenvalue weighted by molar-refractivity contribution is 9.10. The van der Waals surface area contributed by atoms with Gasteiger partial charge in [-0.1, -0.05) is 15.9 Å². The molecule has 0 saturated carbocycles. The van der Waals surface area contributed by atoms with E-state index < -0.39 is 27.3 Å². The van der Waals surface area contributed by atoms with E-state index in [9.17, 15) is 17.2 Å². The molecule has 0 unspecified atom stereocenters. The van der Waals surface area contributed by atoms with Crippen molar-refractivity contribution < 1.29 is 17.2 Å². The van der Waals surface area contributed by atoms with Crippen LogP contribution in [0.4, 0.5) is 14.5 Å². The molecular formula is C8H8BrF2NO2S. The minimum Gasteiger partial charge on any atom is -0.280 e. The normalized spacial score (nSPS) is 11.5. The van der Waals surface area contributed by atoms with Gasteiger partial charge in [-0.15, -0.1) is 0 Å². The zero-order chi connectivity index (χ0) is 11.6. The number of benzene rings is 1. The second-order valence-corrected chi connectivity index (χ2v) is 5.93. The van der Waals surface area contributed by atoms with Crippen molar-refractivity contribution in [1.29, 1.82) is 0 Å². The Kier molecular flexibility index (Phi) is 3.67. The van der Waals surface area contributed by atoms with Gasteiger partial charge in [-0.2, -0.15) is 0 Å². The molecule has 1 aromatic carbocycles. The van der Waals surface area contributed by atoms with Crippen LogP contribution < -0.4 is 4.72 Å². The third-order valence-corrected chi connectivity index (χ3v) is 4.28. The Morgan fingerprint density at radius 3 is 2.47 bits per heavy atom. The zero-order valence-corrected chi connectivity index (χ0v) is 10.1. The highest BCUT2D eigenvalue weighted by Gasteiger charge is 2.13. The topological polar surface area (TPSA) is 46.2 Å². The first-order valence-corrected chi connectivity index (χ1v) is 6.65. The fourth-order valence-electron chi connectivity index (χ4n) is 0.919. The van der Waals surface area contributed by atoms with E-state index in [1.54, 1.807) is 0 Å². The lowest BCUT2D eigenvalue weighted by atomic mass is 10.2. The van der Waals surface area contributed by atoms with Crippen molar-refractivity contribution in [2.45, 2.75) is 6.92 Å². The van der Waals surface area contributed by atoms with E-state index in [-0.39, 0.29) is 10.2 Å². The summed E-state index contributed by atoms with van der Waals surface area (Å²) < 4.78 is 49.9. The highest BCUT2D eigenvalue weighted by Crippen LogP contribution is 2.20. The number of hydrogen-bond donors (Lipinski definition) is 1. The number of rotatable bonds is 3. The average molecular weight is 300 g/mol. The van der Waals surface area contributed by atoms with E-state index in [1.165, 1.54) is 6.92 Å². The predicted molar refractivity (Wildman–Crippen MR) is 57.4 cm³/mol. The summed E-state index contributed by atoms with van der Waals surface area (Å²) in [7, 11) is -3.66. The molecule has 0 saturated heterocycles. The van der Waals surface area contributed by atoms with Crippen molar-refractivity contribution in [3.05, 3.63) is 29.3 Å². The van der Waals surface area contributed by atoms with Crippen LogP contribution in [0.25, 0.3) is 0 Å². The Bertz CT molecular complexity index is 476. The van der Waals surface area contributed by atoms with E-state index in [2.05, 4.69) is 15.9 Å². The molecule has 7 heteroatoms. The maximum Gasteiger partial charge on any atom is 0.242 e. The predicted octanol–water partition coefficient (Wildman–Crippen LogP) is 2.37. The minimum absolute atomic E-state index is 0.120. The smallest absolute Gasteiger partial charge is 0.242 e. The second kappa shape index (κ2) is 4.44. The minimum atomic E-state index is -3.66. The van der Waals surface area contributed by atoms with Crippen LogP contribution in [0.15, 0.2) is 12.1 Å². The SMILES string of the molecule is Cc1cc(F)c(NS(=O)(=O)CBr)cc1F. The van der Waals surface area contributed by atoms with Crippen LogP contribution in [0.2, 0.25) is 0 Å². The number of sulfonamides is 1. The van der Waals surface area contributed by atoms with Crippen molar-refractivity contribution in [2.24, 2.45) is 0 Å². The van der Waals surface area contributed by atoms with Gasteiger partial charge in [0.15, 0.2) is 0 Å². The van der Waals surface area contributed by atoms with Crippen LogP contribution in [0.1, 0.15) is 5.56 Å². The van der Waals surface area contributed by atoms with Gasteiger partial charge < -0.3 is 0 Å². The van der Waals surface area contributed by atoms with Crippen LogP contribution in [0.3, 0.4) is 0 Å². The van der Waals surface area contributed by atoms with Gasteiger partial charge in [-0.3, -0.25) is 4.72 Å². The molecule has 15 heavy (non-hydrogen) atoms. The Morgan fingerprint density at radius 2 is 1.93 bits per heavy atom. The summed E-state index contributed by atoms with van der Waals surface area (Å²) in [4.78, 5) is 0. The number of hydrogen-bond acceptors (Lipinski definition) is 2. The molecule has 0 aromatic heterocycles. The Labute approximate surface area is 94.7 Å². The number of halogens is 3. The molecule has 3 nitrogen and oxygen atoms in total. The van der Waals surface area contributed by atoms with E-state index in [1.807, 2.05) is 4.72 Å². The zero-order valence-electron chi connectivity index (χ0n) is 7.72. The Hall–Kier alpha value is -0.690. The van der Waals surface area contributed by atoms with Gasteiger partial charge in [-0.05, 0) is 18.6 Å². The fraction of sp³-hybridized carbons (Fsp3) is 0.250. The first-order chi connectivity index (χ1) is 6.85. The summed E-state index contributed by atoms with van der Waals surface area (Å²) in [5.74, 6) is -1.47. The van der Waals surface area contributed by atoms with Gasteiger partial charge in [-0.25, -0.2) is 17.2 Å². The molecule has 0 spiro atoms. The monoisotopic (exact) mass is 299 g/mol. The molecule has 0 atom stereocenters. The lowest BCUT2D eigenvalue weighted by Gasteiger charge is -2.07. The van der Waals surface area contributed by atoms with Crippen LogP contribution >= 0.6 is 15.9 Å². The molecule has 0 aliphatic carbocycles. The maximum absolute atomic E-state index is 13.2. The number of anilines is 1. The summed E-state index contributed by atoms with van der Waals surface area (Å²) in [6, 6.07) is 1.74. The molecule has 0 aliphatic rings. The number of aryl methyl sites for hydroxylation is 1. The number of alkyl halides is 1. The quantitative estimate of drug-likeness (QED) is 0.871. The van der Waals surface area contributed by atoms with Gasteiger partial charge >= 0.3 is 0 Å². The lowest BCUT2D eigenvalue weighted by Crippen LogP contribution is -2.14. The van der Waals surface area contributed by atoms with Crippen molar-refractivity contribution in [3.8, 4) is 0 Å². The first kappa shape index (κ1) is 12.4. The van der Waals surface area contributed by atoms with Crippen LogP contribution in [0.5, 0.6) is 0 Å². The first-order valence-electron chi connectivity index (χ1n) is 3.88. The van der Waals surface area contributed by atoms with Gasteiger partial charge in [0.2, 0.25) is 10.0 Å². The Morgan fingerprint density at radius 1 is 1.33 bits per heavy atom. The molecule has 1 rings (SSSR count). The lowest BCUT2D eigenvalue weighted by molar-refractivity contribution is 0.592. The molecule has 1 aromatic rings. The summed E-state index contributed by atoms with van der Waals surface area (Å²) in [5.41, 5.74) is -0.271. The van der Waals surface area contributed by atoms with E-state index in [4.69, 9.17) is 0 Å².